The summed E-state index contributed by atoms with van der Waals surface area (Å²) < 4.78 is 0. The van der Waals surface area contributed by atoms with E-state index in [9.17, 15) is 10.2 Å². The highest BCUT2D eigenvalue weighted by atomic mass is 16.3. The third kappa shape index (κ3) is 5.13. The van der Waals surface area contributed by atoms with Crippen molar-refractivity contribution >= 4 is 0 Å². The molecule has 0 heterocycles. The van der Waals surface area contributed by atoms with E-state index in [1.165, 1.54) is 24.0 Å². The first-order valence-electron chi connectivity index (χ1n) is 9.71. The lowest BCUT2D eigenvalue weighted by Gasteiger charge is -2.19. The van der Waals surface area contributed by atoms with Gasteiger partial charge in [0.2, 0.25) is 0 Å². The maximum Gasteiger partial charge on any atom is 0.115 e. The summed E-state index contributed by atoms with van der Waals surface area (Å²) in [7, 11) is 0. The van der Waals surface area contributed by atoms with E-state index in [0.717, 1.165) is 17.5 Å². The second-order valence-corrected chi connectivity index (χ2v) is 7.64. The molecule has 3 aromatic rings. The molecule has 0 aromatic heterocycles. The standard InChI is InChI=1S/C25H28O2/c1-18(2)4-3-5-25(22-12-16-24(27)17-13-22)21-8-6-19(7-9-21)20-10-14-23(26)15-11-20/h6-18,25-27H,3-5H2,1-2H3. The maximum absolute atomic E-state index is 9.62. The third-order valence-corrected chi connectivity index (χ3v) is 5.08. The minimum absolute atomic E-state index is 0.285. The lowest BCUT2D eigenvalue weighted by atomic mass is 9.85. The normalized spacial score (nSPS) is 12.3. The molecule has 0 aliphatic heterocycles. The fourth-order valence-corrected chi connectivity index (χ4v) is 3.52. The average molecular weight is 360 g/mol. The Bertz CT molecular complexity index is 831. The summed E-state index contributed by atoms with van der Waals surface area (Å²) in [6.07, 6.45) is 3.50. The smallest absolute Gasteiger partial charge is 0.115 e. The number of rotatable bonds is 7. The molecular weight excluding hydrogens is 332 g/mol. The Kier molecular flexibility index (Phi) is 6.18. The first kappa shape index (κ1) is 19.0. The second kappa shape index (κ2) is 8.77. The van der Waals surface area contributed by atoms with E-state index < -0.39 is 0 Å². The molecule has 0 aliphatic rings. The van der Waals surface area contributed by atoms with Crippen molar-refractivity contribution < 1.29 is 10.2 Å². The summed E-state index contributed by atoms with van der Waals surface area (Å²) in [6.45, 7) is 4.53. The van der Waals surface area contributed by atoms with Crippen molar-refractivity contribution in [2.24, 2.45) is 5.92 Å². The number of phenols is 2. The summed E-state index contributed by atoms with van der Waals surface area (Å²) in [6, 6.07) is 23.6. The van der Waals surface area contributed by atoms with E-state index >= 15 is 0 Å². The van der Waals surface area contributed by atoms with Crippen LogP contribution in [0.1, 0.15) is 50.2 Å². The monoisotopic (exact) mass is 360 g/mol. The average Bonchev–Trinajstić information content (AvgIpc) is 2.67. The summed E-state index contributed by atoms with van der Waals surface area (Å²) in [5.74, 6) is 1.64. The van der Waals surface area contributed by atoms with E-state index in [4.69, 9.17) is 0 Å². The van der Waals surface area contributed by atoms with Gasteiger partial charge in [0.1, 0.15) is 11.5 Å². The molecule has 2 N–H and O–H groups in total. The van der Waals surface area contributed by atoms with Gasteiger partial charge in [-0.3, -0.25) is 0 Å². The van der Waals surface area contributed by atoms with Gasteiger partial charge in [-0.15, -0.1) is 0 Å². The zero-order valence-electron chi connectivity index (χ0n) is 16.1. The largest absolute Gasteiger partial charge is 0.508 e. The number of phenolic OH excluding ortho intramolecular Hbond substituents is 2. The predicted octanol–water partition coefficient (Wildman–Crippen LogP) is 6.72. The first-order valence-corrected chi connectivity index (χ1v) is 9.71. The van der Waals surface area contributed by atoms with Gasteiger partial charge in [0.15, 0.2) is 0 Å². The molecule has 0 saturated heterocycles. The molecule has 0 fully saturated rings. The van der Waals surface area contributed by atoms with Gasteiger partial charge < -0.3 is 10.2 Å². The topological polar surface area (TPSA) is 40.5 Å². The molecular formula is C25H28O2. The highest BCUT2D eigenvalue weighted by molar-refractivity contribution is 5.64. The van der Waals surface area contributed by atoms with E-state index in [1.807, 2.05) is 24.3 Å². The molecule has 1 unspecified atom stereocenters. The van der Waals surface area contributed by atoms with Crippen molar-refractivity contribution in [3.63, 3.8) is 0 Å². The Morgan fingerprint density at radius 1 is 0.593 bits per heavy atom. The Hall–Kier alpha value is -2.74. The number of hydrogen-bond acceptors (Lipinski definition) is 2. The number of aromatic hydroxyl groups is 2. The van der Waals surface area contributed by atoms with Crippen LogP contribution >= 0.6 is 0 Å². The quantitative estimate of drug-likeness (QED) is 0.491. The minimum Gasteiger partial charge on any atom is -0.508 e. The van der Waals surface area contributed by atoms with Gasteiger partial charge in [-0.05, 0) is 58.9 Å². The van der Waals surface area contributed by atoms with Crippen LogP contribution in [0, 0.1) is 5.92 Å². The summed E-state index contributed by atoms with van der Waals surface area (Å²) in [5.41, 5.74) is 4.78. The fourth-order valence-electron chi connectivity index (χ4n) is 3.52. The number of hydrogen-bond donors (Lipinski definition) is 2. The molecule has 0 aliphatic carbocycles. The fraction of sp³-hybridized carbons (Fsp3) is 0.280. The SMILES string of the molecule is CC(C)CCCC(c1ccc(O)cc1)c1ccc(-c2ccc(O)cc2)cc1. The predicted molar refractivity (Wildman–Crippen MR) is 112 cm³/mol. The molecule has 27 heavy (non-hydrogen) atoms. The van der Waals surface area contributed by atoms with Gasteiger partial charge in [-0.2, -0.15) is 0 Å². The van der Waals surface area contributed by atoms with Crippen molar-refractivity contribution in [1.29, 1.82) is 0 Å². The van der Waals surface area contributed by atoms with Crippen LogP contribution in [0.4, 0.5) is 0 Å². The van der Waals surface area contributed by atoms with Gasteiger partial charge >= 0.3 is 0 Å². The van der Waals surface area contributed by atoms with Crippen LogP contribution in [-0.4, -0.2) is 10.2 Å². The van der Waals surface area contributed by atoms with Crippen LogP contribution in [0.25, 0.3) is 11.1 Å². The minimum atomic E-state index is 0.285. The van der Waals surface area contributed by atoms with Crippen LogP contribution in [0.2, 0.25) is 0 Å². The molecule has 0 radical (unpaired) electrons. The Labute approximate surface area is 162 Å². The molecule has 3 rings (SSSR count). The van der Waals surface area contributed by atoms with Gasteiger partial charge in [0.05, 0.1) is 0 Å². The Balaban J connectivity index is 1.84. The van der Waals surface area contributed by atoms with E-state index in [2.05, 4.69) is 38.1 Å². The summed E-state index contributed by atoms with van der Waals surface area (Å²) >= 11 is 0. The molecule has 3 aromatic carbocycles. The van der Waals surface area contributed by atoms with E-state index in [-0.39, 0.29) is 5.75 Å². The molecule has 2 nitrogen and oxygen atoms in total. The van der Waals surface area contributed by atoms with E-state index in [1.54, 1.807) is 24.3 Å². The van der Waals surface area contributed by atoms with Crippen LogP contribution < -0.4 is 0 Å². The van der Waals surface area contributed by atoms with Gasteiger partial charge in [0, 0.05) is 5.92 Å². The number of benzene rings is 3. The van der Waals surface area contributed by atoms with Crippen LogP contribution in [0.5, 0.6) is 11.5 Å². The summed E-state index contributed by atoms with van der Waals surface area (Å²) in [4.78, 5) is 0. The molecule has 2 heteroatoms. The first-order chi connectivity index (χ1) is 13.0. The third-order valence-electron chi connectivity index (χ3n) is 5.08. The lowest BCUT2D eigenvalue weighted by molar-refractivity contribution is 0.474. The molecule has 1 atom stereocenters. The van der Waals surface area contributed by atoms with Crippen molar-refractivity contribution in [3.8, 4) is 22.6 Å². The maximum atomic E-state index is 9.62. The molecule has 0 amide bonds. The van der Waals surface area contributed by atoms with Crippen molar-refractivity contribution in [2.45, 2.75) is 39.0 Å². The molecule has 0 bridgehead atoms. The van der Waals surface area contributed by atoms with Crippen molar-refractivity contribution in [1.82, 2.24) is 0 Å². The van der Waals surface area contributed by atoms with E-state index in [0.29, 0.717) is 17.6 Å². The second-order valence-electron chi connectivity index (χ2n) is 7.64. The zero-order valence-corrected chi connectivity index (χ0v) is 16.1. The van der Waals surface area contributed by atoms with Crippen LogP contribution in [0.15, 0.2) is 72.8 Å². The molecule has 0 spiro atoms. The molecule has 140 valence electrons. The van der Waals surface area contributed by atoms with Gasteiger partial charge in [-0.1, -0.05) is 75.2 Å². The van der Waals surface area contributed by atoms with Crippen molar-refractivity contribution in [2.75, 3.05) is 0 Å². The van der Waals surface area contributed by atoms with Crippen LogP contribution in [0.3, 0.4) is 0 Å². The molecule has 0 saturated carbocycles. The van der Waals surface area contributed by atoms with Crippen molar-refractivity contribution in [3.05, 3.63) is 83.9 Å². The summed E-state index contributed by atoms with van der Waals surface area (Å²) in [5, 5.41) is 19.1. The highest BCUT2D eigenvalue weighted by Gasteiger charge is 2.15. The Morgan fingerprint density at radius 3 is 1.48 bits per heavy atom. The Morgan fingerprint density at radius 2 is 1.00 bits per heavy atom. The zero-order chi connectivity index (χ0) is 19.2. The highest BCUT2D eigenvalue weighted by Crippen LogP contribution is 2.33. The van der Waals surface area contributed by atoms with Crippen LogP contribution in [-0.2, 0) is 0 Å². The van der Waals surface area contributed by atoms with Gasteiger partial charge in [-0.25, -0.2) is 0 Å². The lowest BCUT2D eigenvalue weighted by Crippen LogP contribution is -2.02. The van der Waals surface area contributed by atoms with Gasteiger partial charge in [0.25, 0.3) is 0 Å².